The van der Waals surface area contributed by atoms with E-state index in [9.17, 15) is 9.59 Å². The highest BCUT2D eigenvalue weighted by atomic mass is 127. The molecule has 3 rings (SSSR count). The van der Waals surface area contributed by atoms with E-state index in [0.29, 0.717) is 24.5 Å². The molecule has 0 bridgehead atoms. The van der Waals surface area contributed by atoms with E-state index in [-0.39, 0.29) is 17.0 Å². The van der Waals surface area contributed by atoms with Gasteiger partial charge in [-0.25, -0.2) is 4.90 Å². The van der Waals surface area contributed by atoms with Gasteiger partial charge in [0.25, 0.3) is 11.8 Å². The number of rotatable bonds is 2. The molecule has 1 atom stereocenters. The number of imide groups is 1. The highest BCUT2D eigenvalue weighted by Crippen LogP contribution is 2.33. The van der Waals surface area contributed by atoms with Gasteiger partial charge in [0.15, 0.2) is 0 Å². The number of hydrogen-bond donors (Lipinski definition) is 1. The maximum Gasteiger partial charge on any atom is 0.283 e. The molecule has 2 aliphatic rings. The fourth-order valence-electron chi connectivity index (χ4n) is 2.75. The molecule has 116 valence electrons. The van der Waals surface area contributed by atoms with Crippen LogP contribution in [0.25, 0.3) is 0 Å². The van der Waals surface area contributed by atoms with Crippen LogP contribution in [0.4, 0.5) is 5.69 Å². The minimum absolute atomic E-state index is 0.0127. The molecule has 1 N–H and O–H groups in total. The molecular weight excluding hydrogens is 417 g/mol. The van der Waals surface area contributed by atoms with Gasteiger partial charge in [0.05, 0.1) is 5.69 Å². The molecule has 0 aliphatic carbocycles. The van der Waals surface area contributed by atoms with Crippen LogP contribution in [0.2, 0.25) is 0 Å². The summed E-state index contributed by atoms with van der Waals surface area (Å²) in [5.41, 5.74) is 0.897. The summed E-state index contributed by atoms with van der Waals surface area (Å²) in [5.74, 6) is -0.787. The summed E-state index contributed by atoms with van der Waals surface area (Å²) in [7, 11) is 0. The molecule has 0 unspecified atom stereocenters. The third-order valence-electron chi connectivity index (χ3n) is 3.78. The Morgan fingerprint density at radius 3 is 2.68 bits per heavy atom. The zero-order valence-electron chi connectivity index (χ0n) is 12.0. The van der Waals surface area contributed by atoms with E-state index >= 15 is 0 Å². The lowest BCUT2D eigenvalue weighted by molar-refractivity contribution is -0.121. The van der Waals surface area contributed by atoms with Gasteiger partial charge in [-0.1, -0.05) is 23.7 Å². The molecule has 0 radical (unpaired) electrons. The van der Waals surface area contributed by atoms with Gasteiger partial charge in [0.1, 0.15) is 10.7 Å². The molecule has 22 heavy (non-hydrogen) atoms. The molecule has 5 nitrogen and oxygen atoms in total. The zero-order chi connectivity index (χ0) is 15.9. The summed E-state index contributed by atoms with van der Waals surface area (Å²) in [6.07, 6.45) is 0. The lowest BCUT2D eigenvalue weighted by Crippen LogP contribution is -2.50. The van der Waals surface area contributed by atoms with Crippen LogP contribution in [0.5, 0.6) is 0 Å². The van der Waals surface area contributed by atoms with E-state index in [1.165, 1.54) is 4.90 Å². The Morgan fingerprint density at radius 1 is 1.27 bits per heavy atom. The number of nitrogens with one attached hydrogen (secondary N) is 1. The minimum Gasteiger partial charge on any atom is -0.363 e. The van der Waals surface area contributed by atoms with Gasteiger partial charge < -0.3 is 10.2 Å². The van der Waals surface area contributed by atoms with Crippen LogP contribution in [-0.2, 0) is 9.59 Å². The second-order valence-corrected chi connectivity index (χ2v) is 6.90. The zero-order valence-corrected chi connectivity index (χ0v) is 14.9. The molecule has 2 heterocycles. The molecule has 2 amide bonds. The van der Waals surface area contributed by atoms with Crippen LogP contribution in [0.1, 0.15) is 6.92 Å². The van der Waals surface area contributed by atoms with Crippen LogP contribution < -0.4 is 10.2 Å². The van der Waals surface area contributed by atoms with E-state index < -0.39 is 5.91 Å². The van der Waals surface area contributed by atoms with Gasteiger partial charge in [-0.3, -0.25) is 9.59 Å². The van der Waals surface area contributed by atoms with Gasteiger partial charge in [-0.05, 0) is 41.6 Å². The smallest absolute Gasteiger partial charge is 0.283 e. The first-order chi connectivity index (χ1) is 10.5. The maximum absolute atomic E-state index is 12.8. The molecular formula is C15H15ClIN3O2. The normalized spacial score (nSPS) is 22.8. The molecule has 2 aliphatic heterocycles. The van der Waals surface area contributed by atoms with Gasteiger partial charge in [-0.2, -0.15) is 0 Å². The molecule has 0 spiro atoms. The van der Waals surface area contributed by atoms with Crippen LogP contribution in [0, 0.1) is 3.57 Å². The molecule has 0 aromatic heterocycles. The largest absolute Gasteiger partial charge is 0.363 e. The van der Waals surface area contributed by atoms with Gasteiger partial charge in [0, 0.05) is 29.2 Å². The monoisotopic (exact) mass is 431 g/mol. The van der Waals surface area contributed by atoms with Crippen molar-refractivity contribution in [3.8, 4) is 0 Å². The molecule has 1 aromatic rings. The number of carbonyl (C=O) groups is 2. The SMILES string of the molecule is C[C@H]1CN(C2=C(Cl)C(=O)N(c3ccccc3I)C2=O)CCN1. The Labute approximate surface area is 147 Å². The lowest BCUT2D eigenvalue weighted by atomic mass is 10.2. The minimum atomic E-state index is -0.447. The van der Waals surface area contributed by atoms with Crippen LogP contribution in [0.15, 0.2) is 35.0 Å². The first-order valence-electron chi connectivity index (χ1n) is 7.02. The molecule has 1 aromatic carbocycles. The van der Waals surface area contributed by atoms with Crippen molar-refractivity contribution in [2.45, 2.75) is 13.0 Å². The topological polar surface area (TPSA) is 52.7 Å². The predicted octanol–water partition coefficient (Wildman–Crippen LogP) is 1.91. The molecule has 7 heteroatoms. The van der Waals surface area contributed by atoms with Crippen molar-refractivity contribution in [2.24, 2.45) is 0 Å². The Balaban J connectivity index is 1.95. The summed E-state index contributed by atoms with van der Waals surface area (Å²) in [5, 5.41) is 3.32. The number of para-hydroxylation sites is 1. The molecule has 0 saturated carbocycles. The number of nitrogens with zero attached hydrogens (tertiary/aromatic N) is 2. The first kappa shape index (κ1) is 15.8. The van der Waals surface area contributed by atoms with Crippen molar-refractivity contribution < 1.29 is 9.59 Å². The van der Waals surface area contributed by atoms with Crippen molar-refractivity contribution in [3.05, 3.63) is 38.6 Å². The van der Waals surface area contributed by atoms with Gasteiger partial charge in [0.2, 0.25) is 0 Å². The third-order valence-corrected chi connectivity index (χ3v) is 5.04. The fourth-order valence-corrected chi connectivity index (χ4v) is 3.67. The summed E-state index contributed by atoms with van der Waals surface area (Å²) >= 11 is 8.32. The average Bonchev–Trinajstić information content (AvgIpc) is 2.70. The molecule has 1 fully saturated rings. The highest BCUT2D eigenvalue weighted by molar-refractivity contribution is 14.1. The Bertz CT molecular complexity index is 677. The van der Waals surface area contributed by atoms with Crippen LogP contribution in [-0.4, -0.2) is 42.4 Å². The quantitative estimate of drug-likeness (QED) is 0.574. The number of piperazine rings is 1. The number of hydrogen-bond acceptors (Lipinski definition) is 4. The second kappa shape index (κ2) is 6.17. The van der Waals surface area contributed by atoms with Crippen LogP contribution >= 0.6 is 34.2 Å². The summed E-state index contributed by atoms with van der Waals surface area (Å²) < 4.78 is 0.834. The number of anilines is 1. The number of benzene rings is 1. The Hall–Kier alpha value is -1.12. The van der Waals surface area contributed by atoms with Gasteiger partial charge >= 0.3 is 0 Å². The standard InChI is InChI=1S/C15H15ClIN3O2/c1-9-8-19(7-6-18-9)13-12(16)14(21)20(15(13)22)11-5-3-2-4-10(11)17/h2-5,9,18H,6-8H2,1H3/t9-/m0/s1. The third kappa shape index (κ3) is 2.63. The van der Waals surface area contributed by atoms with Crippen molar-refractivity contribution in [1.82, 2.24) is 10.2 Å². The fraction of sp³-hybridized carbons (Fsp3) is 0.333. The average molecular weight is 432 g/mol. The van der Waals surface area contributed by atoms with E-state index in [1.807, 2.05) is 24.0 Å². The highest BCUT2D eigenvalue weighted by Gasteiger charge is 2.42. The van der Waals surface area contributed by atoms with Gasteiger partial charge in [-0.15, -0.1) is 0 Å². The van der Waals surface area contributed by atoms with E-state index in [4.69, 9.17) is 11.6 Å². The Kier molecular flexibility index (Phi) is 4.42. The first-order valence-corrected chi connectivity index (χ1v) is 8.47. The predicted molar refractivity (Wildman–Crippen MR) is 93.6 cm³/mol. The number of carbonyl (C=O) groups excluding carboxylic acids is 2. The lowest BCUT2D eigenvalue weighted by Gasteiger charge is -2.33. The van der Waals surface area contributed by atoms with Crippen molar-refractivity contribution in [2.75, 3.05) is 24.5 Å². The van der Waals surface area contributed by atoms with Crippen molar-refractivity contribution in [1.29, 1.82) is 0 Å². The number of halogens is 2. The van der Waals surface area contributed by atoms with Crippen molar-refractivity contribution >= 4 is 51.7 Å². The van der Waals surface area contributed by atoms with E-state index in [1.54, 1.807) is 12.1 Å². The van der Waals surface area contributed by atoms with E-state index in [0.717, 1.165) is 10.1 Å². The van der Waals surface area contributed by atoms with Crippen molar-refractivity contribution in [3.63, 3.8) is 0 Å². The number of amides is 2. The maximum atomic E-state index is 12.8. The Morgan fingerprint density at radius 2 is 2.00 bits per heavy atom. The summed E-state index contributed by atoms with van der Waals surface area (Å²) in [6, 6.07) is 7.53. The van der Waals surface area contributed by atoms with Crippen LogP contribution in [0.3, 0.4) is 0 Å². The summed E-state index contributed by atoms with van der Waals surface area (Å²) in [6.45, 7) is 4.12. The summed E-state index contributed by atoms with van der Waals surface area (Å²) in [4.78, 5) is 28.3. The second-order valence-electron chi connectivity index (χ2n) is 5.36. The molecule has 1 saturated heterocycles. The van der Waals surface area contributed by atoms with E-state index in [2.05, 4.69) is 27.9 Å².